The second kappa shape index (κ2) is 14.8. The summed E-state index contributed by atoms with van der Waals surface area (Å²) < 4.78 is 11.4. The van der Waals surface area contributed by atoms with Gasteiger partial charge in [0.25, 0.3) is 0 Å². The van der Waals surface area contributed by atoms with E-state index in [1.54, 1.807) is 0 Å². The molecular formula is C22H36IN3O2. The van der Waals surface area contributed by atoms with Crippen LogP contribution >= 0.6 is 24.0 Å². The van der Waals surface area contributed by atoms with Crippen LogP contribution in [0.3, 0.4) is 0 Å². The molecule has 1 aromatic rings. The van der Waals surface area contributed by atoms with Crippen molar-refractivity contribution in [1.82, 2.24) is 10.2 Å². The Morgan fingerprint density at radius 1 is 1.36 bits per heavy atom. The fourth-order valence-corrected chi connectivity index (χ4v) is 3.09. The zero-order chi connectivity index (χ0) is 19.3. The third-order valence-electron chi connectivity index (χ3n) is 4.66. The van der Waals surface area contributed by atoms with Gasteiger partial charge in [-0.1, -0.05) is 30.3 Å². The van der Waals surface area contributed by atoms with E-state index in [0.29, 0.717) is 19.3 Å². The number of aliphatic imine (C=N–C) groups is 1. The summed E-state index contributed by atoms with van der Waals surface area (Å²) in [7, 11) is 2.09. The summed E-state index contributed by atoms with van der Waals surface area (Å²) in [5.41, 5.74) is 2.41. The molecule has 0 radical (unpaired) electrons. The van der Waals surface area contributed by atoms with Gasteiger partial charge >= 0.3 is 0 Å². The van der Waals surface area contributed by atoms with E-state index in [-0.39, 0.29) is 24.0 Å². The second-order valence-corrected chi connectivity index (χ2v) is 6.97. The topological polar surface area (TPSA) is 46.1 Å². The van der Waals surface area contributed by atoms with E-state index < -0.39 is 0 Å². The van der Waals surface area contributed by atoms with Gasteiger partial charge < -0.3 is 19.7 Å². The molecule has 0 bridgehead atoms. The molecule has 1 saturated heterocycles. The van der Waals surface area contributed by atoms with E-state index >= 15 is 0 Å². The maximum atomic E-state index is 6.04. The van der Waals surface area contributed by atoms with Gasteiger partial charge in [-0.3, -0.25) is 0 Å². The van der Waals surface area contributed by atoms with Crippen LogP contribution in [0.15, 0.2) is 41.9 Å². The van der Waals surface area contributed by atoms with Crippen LogP contribution in [0.5, 0.6) is 0 Å². The Balaban J connectivity index is 0.00000392. The summed E-state index contributed by atoms with van der Waals surface area (Å²) in [4.78, 5) is 6.99. The monoisotopic (exact) mass is 501 g/mol. The molecule has 1 aliphatic rings. The summed E-state index contributed by atoms with van der Waals surface area (Å²) in [6.45, 7) is 10.7. The average Bonchev–Trinajstić information content (AvgIpc) is 2.71. The molecule has 28 heavy (non-hydrogen) atoms. The number of rotatable bonds is 10. The van der Waals surface area contributed by atoms with Gasteiger partial charge in [-0.15, -0.1) is 30.6 Å². The summed E-state index contributed by atoms with van der Waals surface area (Å²) in [5, 5.41) is 3.38. The number of ether oxygens (including phenoxy) is 2. The van der Waals surface area contributed by atoms with Crippen molar-refractivity contribution in [3.8, 4) is 0 Å². The van der Waals surface area contributed by atoms with Crippen molar-refractivity contribution in [2.45, 2.75) is 51.9 Å². The van der Waals surface area contributed by atoms with E-state index in [1.165, 1.54) is 11.1 Å². The van der Waals surface area contributed by atoms with Crippen LogP contribution in [0.1, 0.15) is 43.7 Å². The summed E-state index contributed by atoms with van der Waals surface area (Å²) >= 11 is 0. The van der Waals surface area contributed by atoms with Gasteiger partial charge in [-0.2, -0.15) is 0 Å². The predicted molar refractivity (Wildman–Crippen MR) is 127 cm³/mol. The maximum Gasteiger partial charge on any atom is 0.193 e. The number of nitrogens with zero attached hydrogens (tertiary/aromatic N) is 2. The van der Waals surface area contributed by atoms with E-state index in [2.05, 4.69) is 55.0 Å². The molecule has 0 atom stereocenters. The number of hydrogen-bond acceptors (Lipinski definition) is 3. The van der Waals surface area contributed by atoms with Crippen molar-refractivity contribution in [2.75, 3.05) is 33.4 Å². The summed E-state index contributed by atoms with van der Waals surface area (Å²) in [6, 6.07) is 8.54. The predicted octanol–water partition coefficient (Wildman–Crippen LogP) is 4.36. The Morgan fingerprint density at radius 2 is 2.11 bits per heavy atom. The highest BCUT2D eigenvalue weighted by molar-refractivity contribution is 14.0. The first-order valence-corrected chi connectivity index (χ1v) is 10.1. The van der Waals surface area contributed by atoms with Crippen molar-refractivity contribution in [3.05, 3.63) is 48.0 Å². The molecule has 6 heteroatoms. The number of hydrogen-bond donors (Lipinski definition) is 1. The Hall–Kier alpha value is -1.12. The Bertz CT molecular complexity index is 589. The zero-order valence-electron chi connectivity index (χ0n) is 17.4. The highest BCUT2D eigenvalue weighted by Crippen LogP contribution is 2.14. The fraction of sp³-hybridized carbons (Fsp3) is 0.591. The third kappa shape index (κ3) is 9.39. The zero-order valence-corrected chi connectivity index (χ0v) is 19.7. The first-order chi connectivity index (χ1) is 13.2. The maximum absolute atomic E-state index is 6.04. The Labute approximate surface area is 187 Å². The van der Waals surface area contributed by atoms with Crippen molar-refractivity contribution in [2.24, 2.45) is 4.99 Å². The molecule has 1 aliphatic heterocycles. The van der Waals surface area contributed by atoms with Gasteiger partial charge in [0.2, 0.25) is 0 Å². The minimum Gasteiger partial charge on any atom is -0.381 e. The fourth-order valence-electron chi connectivity index (χ4n) is 3.09. The van der Waals surface area contributed by atoms with Gasteiger partial charge in [0.15, 0.2) is 5.96 Å². The third-order valence-corrected chi connectivity index (χ3v) is 4.66. The molecule has 1 heterocycles. The lowest BCUT2D eigenvalue weighted by Gasteiger charge is -2.22. The van der Waals surface area contributed by atoms with Crippen LogP contribution in [-0.2, 0) is 22.6 Å². The normalized spacial score (nSPS) is 15.0. The number of allylic oxidation sites excluding steroid dienone is 1. The highest BCUT2D eigenvalue weighted by Gasteiger charge is 2.14. The van der Waals surface area contributed by atoms with Crippen molar-refractivity contribution >= 4 is 29.9 Å². The number of nitrogens with one attached hydrogen (secondary N) is 1. The number of benzene rings is 1. The van der Waals surface area contributed by atoms with Gasteiger partial charge in [0.05, 0.1) is 19.3 Å². The van der Waals surface area contributed by atoms with Crippen LogP contribution in [0.4, 0.5) is 0 Å². The van der Waals surface area contributed by atoms with Gasteiger partial charge in [0, 0.05) is 33.4 Å². The van der Waals surface area contributed by atoms with Crippen LogP contribution in [0.25, 0.3) is 0 Å². The van der Waals surface area contributed by atoms with Gasteiger partial charge in [0.1, 0.15) is 0 Å². The van der Waals surface area contributed by atoms with E-state index in [1.807, 2.05) is 6.08 Å². The molecule has 0 unspecified atom stereocenters. The highest BCUT2D eigenvalue weighted by atomic mass is 127. The number of unbranched alkanes of at least 4 members (excludes halogenated alkanes) is 1. The van der Waals surface area contributed by atoms with Crippen molar-refractivity contribution in [1.29, 1.82) is 0 Å². The minimum atomic E-state index is 0. The molecule has 1 fully saturated rings. The standard InChI is InChI=1S/C22H35N3O2.HI/c1-4-6-7-13-25(3)22(23-5-2)24-17-19-9-8-10-20(16-19)18-27-21-11-14-26-15-12-21;/h4,8-10,16,21H,1,5-7,11-15,17-18H2,2-3H3,(H,23,24);1H. The van der Waals surface area contributed by atoms with E-state index in [9.17, 15) is 0 Å². The number of guanidine groups is 1. The summed E-state index contributed by atoms with van der Waals surface area (Å²) in [6.07, 6.45) is 6.39. The molecular weight excluding hydrogens is 465 g/mol. The van der Waals surface area contributed by atoms with E-state index in [0.717, 1.165) is 57.9 Å². The quantitative estimate of drug-likeness (QED) is 0.170. The molecule has 0 saturated carbocycles. The van der Waals surface area contributed by atoms with E-state index in [4.69, 9.17) is 14.5 Å². The van der Waals surface area contributed by atoms with Gasteiger partial charge in [-0.05, 0) is 43.7 Å². The molecule has 5 nitrogen and oxygen atoms in total. The van der Waals surface area contributed by atoms with Crippen LogP contribution < -0.4 is 5.32 Å². The van der Waals surface area contributed by atoms with Crippen LogP contribution in [0.2, 0.25) is 0 Å². The largest absolute Gasteiger partial charge is 0.381 e. The van der Waals surface area contributed by atoms with Crippen molar-refractivity contribution < 1.29 is 9.47 Å². The molecule has 158 valence electrons. The van der Waals surface area contributed by atoms with Crippen LogP contribution in [-0.4, -0.2) is 50.3 Å². The summed E-state index contributed by atoms with van der Waals surface area (Å²) in [5.74, 6) is 0.949. The molecule has 0 amide bonds. The average molecular weight is 501 g/mol. The van der Waals surface area contributed by atoms with Crippen LogP contribution in [0, 0.1) is 0 Å². The lowest BCUT2D eigenvalue weighted by atomic mass is 10.1. The molecule has 0 aliphatic carbocycles. The lowest BCUT2D eigenvalue weighted by Crippen LogP contribution is -2.39. The molecule has 1 aromatic carbocycles. The molecule has 1 N–H and O–H groups in total. The second-order valence-electron chi connectivity index (χ2n) is 6.97. The Kier molecular flexibility index (Phi) is 13.2. The van der Waals surface area contributed by atoms with Gasteiger partial charge in [-0.25, -0.2) is 4.99 Å². The lowest BCUT2D eigenvalue weighted by molar-refractivity contribution is -0.0390. The molecule has 0 spiro atoms. The molecule has 2 rings (SSSR count). The minimum absolute atomic E-state index is 0. The number of halogens is 1. The smallest absolute Gasteiger partial charge is 0.193 e. The Morgan fingerprint density at radius 3 is 2.82 bits per heavy atom. The first-order valence-electron chi connectivity index (χ1n) is 10.1. The first kappa shape index (κ1) is 24.9. The molecule has 0 aromatic heterocycles. The van der Waals surface area contributed by atoms with Crippen molar-refractivity contribution in [3.63, 3.8) is 0 Å². The SMILES string of the molecule is C=CCCCN(C)C(=NCc1cccc(COC2CCOCC2)c1)NCC.I.